The van der Waals surface area contributed by atoms with Crippen molar-refractivity contribution in [2.75, 3.05) is 0 Å². The molecule has 0 saturated heterocycles. The van der Waals surface area contributed by atoms with Crippen LogP contribution in [-0.2, 0) is 12.8 Å². The van der Waals surface area contributed by atoms with Crippen LogP contribution in [0.25, 0.3) is 0 Å². The fourth-order valence-electron chi connectivity index (χ4n) is 2.91. The van der Waals surface area contributed by atoms with E-state index in [9.17, 15) is 0 Å². The van der Waals surface area contributed by atoms with E-state index in [1.165, 1.54) is 33.4 Å². The summed E-state index contributed by atoms with van der Waals surface area (Å²) in [6, 6.07) is 8.89. The van der Waals surface area contributed by atoms with Crippen molar-refractivity contribution in [1.29, 1.82) is 0 Å². The number of hydrogen-bond acceptors (Lipinski definition) is 0. The van der Waals surface area contributed by atoms with Gasteiger partial charge < -0.3 is 0 Å². The molecule has 0 nitrogen and oxygen atoms in total. The molecule has 0 aromatic heterocycles. The maximum atomic E-state index is 2.41. The first-order valence-electron chi connectivity index (χ1n) is 10.0. The zero-order valence-corrected chi connectivity index (χ0v) is 17.9. The van der Waals surface area contributed by atoms with Crippen LogP contribution in [0, 0.1) is 0 Å². The topological polar surface area (TPSA) is 0 Å². The number of rotatable bonds is 10. The van der Waals surface area contributed by atoms with E-state index in [-0.39, 0.29) is 0 Å². The predicted octanol–water partition coefficient (Wildman–Crippen LogP) is 8.16. The van der Waals surface area contributed by atoms with E-state index in [0.29, 0.717) is 0 Å². The molecule has 0 amide bonds. The van der Waals surface area contributed by atoms with E-state index in [1.807, 2.05) is 0 Å². The normalized spacial score (nSPS) is 12.1. The van der Waals surface area contributed by atoms with Crippen LogP contribution in [0.3, 0.4) is 0 Å². The van der Waals surface area contributed by atoms with Gasteiger partial charge in [0.1, 0.15) is 0 Å². The predicted molar refractivity (Wildman–Crippen MR) is 119 cm³/mol. The van der Waals surface area contributed by atoms with Crippen molar-refractivity contribution < 1.29 is 0 Å². The number of allylic oxidation sites excluding steroid dienone is 8. The lowest BCUT2D eigenvalue weighted by Gasteiger charge is -2.07. The summed E-state index contributed by atoms with van der Waals surface area (Å²) in [7, 11) is 0. The quantitative estimate of drug-likeness (QED) is 0.373. The van der Waals surface area contributed by atoms with E-state index >= 15 is 0 Å². The molecule has 0 fully saturated rings. The monoisotopic (exact) mass is 350 g/mol. The van der Waals surface area contributed by atoms with Gasteiger partial charge in [-0.1, -0.05) is 70.9 Å². The van der Waals surface area contributed by atoms with Gasteiger partial charge in [-0.05, 0) is 91.2 Å². The van der Waals surface area contributed by atoms with Gasteiger partial charge in [-0.25, -0.2) is 0 Å². The van der Waals surface area contributed by atoms with Crippen LogP contribution in [0.2, 0.25) is 0 Å². The first kappa shape index (κ1) is 22.2. The number of hydrogen-bond donors (Lipinski definition) is 0. The Morgan fingerprint density at radius 3 is 1.35 bits per heavy atom. The van der Waals surface area contributed by atoms with E-state index in [2.05, 4.69) is 90.1 Å². The minimum atomic E-state index is 1.04. The second-order valence-electron chi connectivity index (χ2n) is 7.92. The largest absolute Gasteiger partial charge is 0.0856 e. The molecule has 1 rings (SSSR count). The molecule has 1 aromatic carbocycles. The van der Waals surface area contributed by atoms with Crippen molar-refractivity contribution in [2.45, 2.75) is 80.1 Å². The molecule has 142 valence electrons. The van der Waals surface area contributed by atoms with Crippen LogP contribution in [0.4, 0.5) is 0 Å². The zero-order chi connectivity index (χ0) is 19.4. The third-order valence-corrected chi connectivity index (χ3v) is 4.64. The highest BCUT2D eigenvalue weighted by molar-refractivity contribution is 5.31. The summed E-state index contributed by atoms with van der Waals surface area (Å²) in [5.41, 5.74) is 8.73. The average Bonchev–Trinajstić information content (AvgIpc) is 2.58. The van der Waals surface area contributed by atoms with Crippen LogP contribution in [-0.4, -0.2) is 0 Å². The van der Waals surface area contributed by atoms with Gasteiger partial charge in [-0.2, -0.15) is 0 Å². The van der Waals surface area contributed by atoms with Gasteiger partial charge in [0.15, 0.2) is 0 Å². The second kappa shape index (κ2) is 12.5. The van der Waals surface area contributed by atoms with Crippen molar-refractivity contribution in [1.82, 2.24) is 0 Å². The maximum absolute atomic E-state index is 2.41. The number of benzene rings is 1. The van der Waals surface area contributed by atoms with Gasteiger partial charge in [-0.3, -0.25) is 0 Å². The van der Waals surface area contributed by atoms with Crippen LogP contribution in [0.15, 0.2) is 70.9 Å². The third-order valence-electron chi connectivity index (χ3n) is 4.64. The van der Waals surface area contributed by atoms with Crippen molar-refractivity contribution in [3.8, 4) is 0 Å². The fraction of sp³-hybridized carbons (Fsp3) is 0.462. The van der Waals surface area contributed by atoms with Crippen LogP contribution < -0.4 is 0 Å². The van der Waals surface area contributed by atoms with Crippen molar-refractivity contribution >= 4 is 0 Å². The highest BCUT2D eigenvalue weighted by Gasteiger charge is 2.00. The summed E-state index contributed by atoms with van der Waals surface area (Å²) in [4.78, 5) is 0. The van der Waals surface area contributed by atoms with E-state index < -0.39 is 0 Å². The Bertz CT molecular complexity index is 598. The van der Waals surface area contributed by atoms with Gasteiger partial charge in [0.2, 0.25) is 0 Å². The summed E-state index contributed by atoms with van der Waals surface area (Å²) in [5.74, 6) is 0. The van der Waals surface area contributed by atoms with E-state index in [4.69, 9.17) is 0 Å². The lowest BCUT2D eigenvalue weighted by atomic mass is 9.98. The minimum Gasteiger partial charge on any atom is -0.0856 e. The highest BCUT2D eigenvalue weighted by Crippen LogP contribution is 2.16. The molecular formula is C26H38. The molecule has 0 aliphatic heterocycles. The summed E-state index contributed by atoms with van der Waals surface area (Å²) >= 11 is 0. The lowest BCUT2D eigenvalue weighted by Crippen LogP contribution is -1.93. The summed E-state index contributed by atoms with van der Waals surface area (Å²) in [5, 5.41) is 0. The molecule has 26 heavy (non-hydrogen) atoms. The van der Waals surface area contributed by atoms with E-state index in [0.717, 1.165) is 38.5 Å². The molecule has 0 N–H and O–H groups in total. The Balaban J connectivity index is 2.64. The van der Waals surface area contributed by atoms with Crippen molar-refractivity contribution in [3.05, 3.63) is 82.0 Å². The van der Waals surface area contributed by atoms with Crippen LogP contribution >= 0.6 is 0 Å². The molecule has 0 heteroatoms. The summed E-state index contributed by atoms with van der Waals surface area (Å²) in [6.07, 6.45) is 16.2. The van der Waals surface area contributed by atoms with Gasteiger partial charge in [0.25, 0.3) is 0 Å². The van der Waals surface area contributed by atoms with Gasteiger partial charge in [-0.15, -0.1) is 0 Å². The Kier molecular flexibility index (Phi) is 10.7. The van der Waals surface area contributed by atoms with Crippen molar-refractivity contribution in [3.63, 3.8) is 0 Å². The lowest BCUT2D eigenvalue weighted by molar-refractivity contribution is 0.948. The molecule has 0 radical (unpaired) electrons. The fourth-order valence-corrected chi connectivity index (χ4v) is 2.91. The SMILES string of the molecule is CC(C)=CCC/C(C)=C/Cc1ccccc1C/C=C(\C)CCC=C(C)C. The summed E-state index contributed by atoms with van der Waals surface area (Å²) < 4.78 is 0. The van der Waals surface area contributed by atoms with Crippen LogP contribution in [0.1, 0.15) is 78.4 Å². The first-order chi connectivity index (χ1) is 12.4. The van der Waals surface area contributed by atoms with Crippen LogP contribution in [0.5, 0.6) is 0 Å². The first-order valence-corrected chi connectivity index (χ1v) is 10.0. The highest BCUT2D eigenvalue weighted by atomic mass is 14.1. The molecule has 0 spiro atoms. The molecule has 0 aliphatic carbocycles. The molecule has 0 heterocycles. The molecule has 1 aromatic rings. The van der Waals surface area contributed by atoms with Gasteiger partial charge >= 0.3 is 0 Å². The minimum absolute atomic E-state index is 1.04. The third kappa shape index (κ3) is 10.2. The molecule has 0 saturated carbocycles. The zero-order valence-electron chi connectivity index (χ0n) is 17.9. The Morgan fingerprint density at radius 2 is 1.00 bits per heavy atom. The molecule has 0 atom stereocenters. The molecule has 0 bridgehead atoms. The Morgan fingerprint density at radius 1 is 0.615 bits per heavy atom. The van der Waals surface area contributed by atoms with E-state index in [1.54, 1.807) is 0 Å². The average molecular weight is 351 g/mol. The summed E-state index contributed by atoms with van der Waals surface area (Å²) in [6.45, 7) is 13.2. The standard InChI is InChI=1S/C26H38/c1-21(2)11-9-13-23(5)17-19-25-15-7-8-16-26(25)20-18-24(6)14-10-12-22(3)4/h7-8,11-12,15-18H,9-10,13-14,19-20H2,1-6H3/b23-17+,24-18+. The van der Waals surface area contributed by atoms with Gasteiger partial charge in [0, 0.05) is 0 Å². The molecule has 0 aliphatic rings. The van der Waals surface area contributed by atoms with Crippen molar-refractivity contribution in [2.24, 2.45) is 0 Å². The second-order valence-corrected chi connectivity index (χ2v) is 7.92. The van der Waals surface area contributed by atoms with Gasteiger partial charge in [0.05, 0.1) is 0 Å². The molecule has 0 unspecified atom stereocenters. The Labute approximate surface area is 162 Å². The Hall–Kier alpha value is -1.82. The molecular weight excluding hydrogens is 312 g/mol. The maximum Gasteiger partial charge on any atom is -0.00920 e. The smallest absolute Gasteiger partial charge is 0.00920 e.